The predicted octanol–water partition coefficient (Wildman–Crippen LogP) is 2.73. The molecule has 1 aliphatic heterocycles. The van der Waals surface area contributed by atoms with E-state index in [2.05, 4.69) is 35.6 Å². The van der Waals surface area contributed by atoms with Crippen molar-refractivity contribution in [2.45, 2.75) is 27.3 Å². The smallest absolute Gasteiger partial charge is 0.137 e. The molecule has 0 amide bonds. The van der Waals surface area contributed by atoms with Gasteiger partial charge in [0.15, 0.2) is 0 Å². The van der Waals surface area contributed by atoms with Gasteiger partial charge in [-0.2, -0.15) is 5.10 Å². The molecule has 2 atom stereocenters. The van der Waals surface area contributed by atoms with Crippen molar-refractivity contribution in [3.8, 4) is 5.69 Å². The highest BCUT2D eigenvalue weighted by molar-refractivity contribution is 5.56. The molecule has 3 rings (SSSR count). The van der Waals surface area contributed by atoms with E-state index in [-0.39, 0.29) is 0 Å². The summed E-state index contributed by atoms with van der Waals surface area (Å²) in [6.45, 7) is 9.38. The van der Waals surface area contributed by atoms with Crippen LogP contribution in [0, 0.1) is 18.8 Å². The highest BCUT2D eigenvalue weighted by Gasteiger charge is 2.30. The maximum Gasteiger partial charge on any atom is 0.137 e. The van der Waals surface area contributed by atoms with Gasteiger partial charge in [-0.3, -0.25) is 0 Å². The Labute approximate surface area is 126 Å². The number of aryl methyl sites for hydroxylation is 1. The third-order valence-electron chi connectivity index (χ3n) is 4.65. The van der Waals surface area contributed by atoms with Crippen molar-refractivity contribution in [3.63, 3.8) is 0 Å². The van der Waals surface area contributed by atoms with Gasteiger partial charge < -0.3 is 10.6 Å². The molecule has 1 saturated heterocycles. The van der Waals surface area contributed by atoms with E-state index >= 15 is 0 Å². The minimum atomic E-state index is 0.535. The number of anilines is 1. The standard InChI is InChI=1S/C17H24N4/c1-12-10-20(11-13(12)2)17-16(9-18)14(3)19-21(17)15-7-5-4-6-8-15/h4-8,12-13H,9-11,18H2,1-3H3. The maximum absolute atomic E-state index is 6.00. The van der Waals surface area contributed by atoms with Gasteiger partial charge in [-0.05, 0) is 30.9 Å². The van der Waals surface area contributed by atoms with Crippen molar-refractivity contribution in [1.82, 2.24) is 9.78 Å². The molecule has 0 aliphatic carbocycles. The summed E-state index contributed by atoms with van der Waals surface area (Å²) in [6.07, 6.45) is 0. The van der Waals surface area contributed by atoms with Crippen LogP contribution in [0.1, 0.15) is 25.1 Å². The van der Waals surface area contributed by atoms with Crippen molar-refractivity contribution in [2.24, 2.45) is 17.6 Å². The summed E-state index contributed by atoms with van der Waals surface area (Å²) in [4.78, 5) is 2.45. The second-order valence-electron chi connectivity index (χ2n) is 6.20. The van der Waals surface area contributed by atoms with Crippen LogP contribution in [0.4, 0.5) is 5.82 Å². The molecule has 2 N–H and O–H groups in total. The summed E-state index contributed by atoms with van der Waals surface area (Å²) in [5.74, 6) is 2.59. The van der Waals surface area contributed by atoms with E-state index in [1.807, 2.05) is 25.1 Å². The Kier molecular flexibility index (Phi) is 3.72. The van der Waals surface area contributed by atoms with Gasteiger partial charge in [0.1, 0.15) is 5.82 Å². The molecule has 4 nitrogen and oxygen atoms in total. The Balaban J connectivity index is 2.09. The lowest BCUT2D eigenvalue weighted by atomic mass is 10.0. The number of nitrogens with two attached hydrogens (primary N) is 1. The number of hydrogen-bond donors (Lipinski definition) is 1. The molecule has 1 aromatic heterocycles. The summed E-state index contributed by atoms with van der Waals surface area (Å²) in [5, 5.41) is 4.74. The van der Waals surface area contributed by atoms with E-state index in [0.717, 1.165) is 24.5 Å². The maximum atomic E-state index is 6.00. The minimum absolute atomic E-state index is 0.535. The third-order valence-corrected chi connectivity index (χ3v) is 4.65. The number of hydrogen-bond acceptors (Lipinski definition) is 3. The monoisotopic (exact) mass is 284 g/mol. The van der Waals surface area contributed by atoms with Gasteiger partial charge >= 0.3 is 0 Å². The molecule has 21 heavy (non-hydrogen) atoms. The number of para-hydroxylation sites is 1. The average Bonchev–Trinajstić information content (AvgIpc) is 3.00. The van der Waals surface area contributed by atoms with E-state index in [0.29, 0.717) is 18.4 Å². The van der Waals surface area contributed by atoms with Gasteiger partial charge in [-0.15, -0.1) is 0 Å². The highest BCUT2D eigenvalue weighted by Crippen LogP contribution is 2.33. The second-order valence-corrected chi connectivity index (χ2v) is 6.20. The van der Waals surface area contributed by atoms with Crippen molar-refractivity contribution >= 4 is 5.82 Å². The minimum Gasteiger partial charge on any atom is -0.356 e. The fourth-order valence-electron chi connectivity index (χ4n) is 3.16. The number of nitrogens with zero attached hydrogens (tertiary/aromatic N) is 3. The number of rotatable bonds is 3. The summed E-state index contributed by atoms with van der Waals surface area (Å²) < 4.78 is 2.06. The van der Waals surface area contributed by atoms with Crippen molar-refractivity contribution in [1.29, 1.82) is 0 Å². The molecular formula is C17H24N4. The van der Waals surface area contributed by atoms with Crippen molar-refractivity contribution < 1.29 is 0 Å². The Bertz CT molecular complexity index is 607. The molecule has 4 heteroatoms. The largest absolute Gasteiger partial charge is 0.356 e. The molecular weight excluding hydrogens is 260 g/mol. The molecule has 112 valence electrons. The van der Waals surface area contributed by atoms with Crippen LogP contribution in [-0.2, 0) is 6.54 Å². The molecule has 1 aliphatic rings. The zero-order valence-electron chi connectivity index (χ0n) is 13.1. The van der Waals surface area contributed by atoms with Crippen LogP contribution >= 0.6 is 0 Å². The second kappa shape index (κ2) is 5.53. The topological polar surface area (TPSA) is 47.1 Å². The Morgan fingerprint density at radius 3 is 2.33 bits per heavy atom. The zero-order valence-corrected chi connectivity index (χ0v) is 13.1. The van der Waals surface area contributed by atoms with Crippen molar-refractivity contribution in [3.05, 3.63) is 41.6 Å². The Morgan fingerprint density at radius 1 is 1.14 bits per heavy atom. The van der Waals surface area contributed by atoms with Crippen LogP contribution in [0.3, 0.4) is 0 Å². The normalized spacial score (nSPS) is 22.0. The van der Waals surface area contributed by atoms with Crippen molar-refractivity contribution in [2.75, 3.05) is 18.0 Å². The molecule has 0 saturated carbocycles. The Hall–Kier alpha value is -1.81. The van der Waals surface area contributed by atoms with Gasteiger partial charge in [-0.25, -0.2) is 4.68 Å². The fourth-order valence-corrected chi connectivity index (χ4v) is 3.16. The average molecular weight is 284 g/mol. The first-order valence-electron chi connectivity index (χ1n) is 7.70. The third kappa shape index (κ3) is 2.44. The molecule has 0 radical (unpaired) electrons. The van der Waals surface area contributed by atoms with Crippen LogP contribution in [0.25, 0.3) is 5.69 Å². The zero-order chi connectivity index (χ0) is 15.0. The fraction of sp³-hybridized carbons (Fsp3) is 0.471. The van der Waals surface area contributed by atoms with Gasteiger partial charge in [0.2, 0.25) is 0 Å². The van der Waals surface area contributed by atoms with Gasteiger partial charge in [0.05, 0.1) is 11.4 Å². The summed E-state index contributed by atoms with van der Waals surface area (Å²) >= 11 is 0. The highest BCUT2D eigenvalue weighted by atomic mass is 15.4. The summed E-state index contributed by atoms with van der Waals surface area (Å²) in [6, 6.07) is 10.3. The van der Waals surface area contributed by atoms with Gasteiger partial charge in [-0.1, -0.05) is 32.0 Å². The summed E-state index contributed by atoms with van der Waals surface area (Å²) in [7, 11) is 0. The van der Waals surface area contributed by atoms with E-state index in [1.165, 1.54) is 11.4 Å². The van der Waals surface area contributed by atoms with Gasteiger partial charge in [0, 0.05) is 25.2 Å². The van der Waals surface area contributed by atoms with E-state index < -0.39 is 0 Å². The molecule has 0 bridgehead atoms. The molecule has 2 heterocycles. The lowest BCUT2D eigenvalue weighted by Crippen LogP contribution is -2.24. The summed E-state index contributed by atoms with van der Waals surface area (Å²) in [5.41, 5.74) is 9.30. The molecule has 0 spiro atoms. The quantitative estimate of drug-likeness (QED) is 0.942. The van der Waals surface area contributed by atoms with Crippen LogP contribution in [-0.4, -0.2) is 22.9 Å². The molecule has 2 aromatic rings. The number of aromatic nitrogens is 2. The first-order valence-corrected chi connectivity index (χ1v) is 7.70. The first-order chi connectivity index (χ1) is 10.1. The number of benzene rings is 1. The van der Waals surface area contributed by atoms with Crippen LogP contribution < -0.4 is 10.6 Å². The SMILES string of the molecule is Cc1nn(-c2ccccc2)c(N2CC(C)C(C)C2)c1CN. The molecule has 2 unspecified atom stereocenters. The first kappa shape index (κ1) is 14.1. The van der Waals surface area contributed by atoms with E-state index in [9.17, 15) is 0 Å². The Morgan fingerprint density at radius 2 is 1.76 bits per heavy atom. The van der Waals surface area contributed by atoms with Crippen LogP contribution in [0.15, 0.2) is 30.3 Å². The van der Waals surface area contributed by atoms with Crippen LogP contribution in [0.5, 0.6) is 0 Å². The lowest BCUT2D eigenvalue weighted by Gasteiger charge is -2.21. The van der Waals surface area contributed by atoms with Gasteiger partial charge in [0.25, 0.3) is 0 Å². The molecule has 1 fully saturated rings. The van der Waals surface area contributed by atoms with E-state index in [1.54, 1.807) is 0 Å². The van der Waals surface area contributed by atoms with Crippen LogP contribution in [0.2, 0.25) is 0 Å². The molecule has 1 aromatic carbocycles. The lowest BCUT2D eigenvalue weighted by molar-refractivity contribution is 0.494. The predicted molar refractivity (Wildman–Crippen MR) is 86.7 cm³/mol. The van der Waals surface area contributed by atoms with E-state index in [4.69, 9.17) is 10.8 Å².